The van der Waals surface area contributed by atoms with Crippen LogP contribution in [0, 0.1) is 11.6 Å². The predicted octanol–water partition coefficient (Wildman–Crippen LogP) is 4.67. The third-order valence-corrected chi connectivity index (χ3v) is 3.59. The van der Waals surface area contributed by atoms with E-state index < -0.39 is 17.7 Å². The summed E-state index contributed by atoms with van der Waals surface area (Å²) in [7, 11) is 1.62. The molecule has 21 heavy (non-hydrogen) atoms. The SMILES string of the molecule is CNC(c1cc2cc(Cl)ccc2o1)c1c(F)cccc1F. The monoisotopic (exact) mass is 307 g/mol. The minimum Gasteiger partial charge on any atom is -0.459 e. The van der Waals surface area contributed by atoms with Crippen LogP contribution in [0.15, 0.2) is 46.9 Å². The first-order valence-electron chi connectivity index (χ1n) is 6.40. The summed E-state index contributed by atoms with van der Waals surface area (Å²) in [5, 5.41) is 4.25. The average molecular weight is 308 g/mol. The fraction of sp³-hybridized carbons (Fsp3) is 0.125. The molecule has 1 aromatic heterocycles. The van der Waals surface area contributed by atoms with Gasteiger partial charge in [-0.1, -0.05) is 17.7 Å². The van der Waals surface area contributed by atoms with Crippen molar-refractivity contribution >= 4 is 22.6 Å². The Kier molecular flexibility index (Phi) is 3.66. The average Bonchev–Trinajstić information content (AvgIpc) is 2.85. The molecule has 1 N–H and O–H groups in total. The van der Waals surface area contributed by atoms with E-state index in [0.717, 1.165) is 5.39 Å². The normalized spacial score (nSPS) is 12.8. The third-order valence-electron chi connectivity index (χ3n) is 3.36. The molecule has 0 saturated carbocycles. The van der Waals surface area contributed by atoms with Crippen LogP contribution >= 0.6 is 11.6 Å². The molecule has 0 aliphatic rings. The summed E-state index contributed by atoms with van der Waals surface area (Å²) in [5.74, 6) is -0.806. The second-order valence-corrected chi connectivity index (χ2v) is 5.12. The molecule has 0 aliphatic carbocycles. The topological polar surface area (TPSA) is 25.2 Å². The van der Waals surface area contributed by atoms with Gasteiger partial charge in [0.1, 0.15) is 23.0 Å². The fourth-order valence-electron chi connectivity index (χ4n) is 2.39. The molecule has 0 spiro atoms. The van der Waals surface area contributed by atoms with Crippen molar-refractivity contribution < 1.29 is 13.2 Å². The smallest absolute Gasteiger partial charge is 0.134 e. The van der Waals surface area contributed by atoms with Gasteiger partial charge in [-0.2, -0.15) is 0 Å². The number of fused-ring (bicyclic) bond motifs is 1. The lowest BCUT2D eigenvalue weighted by Gasteiger charge is -2.15. The van der Waals surface area contributed by atoms with Crippen molar-refractivity contribution in [2.45, 2.75) is 6.04 Å². The van der Waals surface area contributed by atoms with Gasteiger partial charge in [0, 0.05) is 16.0 Å². The Labute approximate surface area is 125 Å². The first-order chi connectivity index (χ1) is 10.1. The van der Waals surface area contributed by atoms with Gasteiger partial charge >= 0.3 is 0 Å². The first kappa shape index (κ1) is 14.0. The second-order valence-electron chi connectivity index (χ2n) is 4.69. The minimum absolute atomic E-state index is 0.0647. The van der Waals surface area contributed by atoms with Crippen molar-refractivity contribution in [2.75, 3.05) is 7.05 Å². The van der Waals surface area contributed by atoms with Gasteiger partial charge in [0.2, 0.25) is 0 Å². The number of nitrogens with one attached hydrogen (secondary N) is 1. The van der Waals surface area contributed by atoms with Crippen molar-refractivity contribution in [1.29, 1.82) is 0 Å². The van der Waals surface area contributed by atoms with E-state index in [4.69, 9.17) is 16.0 Å². The molecule has 1 unspecified atom stereocenters. The maximum Gasteiger partial charge on any atom is 0.134 e. The van der Waals surface area contributed by atoms with Crippen molar-refractivity contribution in [2.24, 2.45) is 0 Å². The van der Waals surface area contributed by atoms with Crippen molar-refractivity contribution in [3.05, 3.63) is 70.4 Å². The number of benzene rings is 2. The van der Waals surface area contributed by atoms with E-state index in [1.54, 1.807) is 31.3 Å². The van der Waals surface area contributed by atoms with Crippen molar-refractivity contribution in [3.63, 3.8) is 0 Å². The molecule has 2 aromatic carbocycles. The van der Waals surface area contributed by atoms with Crippen LogP contribution in [-0.2, 0) is 0 Å². The minimum atomic E-state index is -0.711. The largest absolute Gasteiger partial charge is 0.459 e. The molecule has 0 bridgehead atoms. The zero-order valence-corrected chi connectivity index (χ0v) is 11.9. The number of rotatable bonds is 3. The Hall–Kier alpha value is -1.91. The van der Waals surface area contributed by atoms with Crippen LogP contribution in [0.2, 0.25) is 5.02 Å². The molecule has 3 aromatic rings. The predicted molar refractivity (Wildman–Crippen MR) is 78.5 cm³/mol. The molecular weight excluding hydrogens is 296 g/mol. The quantitative estimate of drug-likeness (QED) is 0.760. The number of hydrogen-bond acceptors (Lipinski definition) is 2. The summed E-state index contributed by atoms with van der Waals surface area (Å²) in [6.45, 7) is 0. The van der Waals surface area contributed by atoms with Crippen LogP contribution in [-0.4, -0.2) is 7.05 Å². The van der Waals surface area contributed by atoms with E-state index in [1.807, 2.05) is 0 Å². The third kappa shape index (κ3) is 2.52. The first-order valence-corrected chi connectivity index (χ1v) is 6.78. The van der Waals surface area contributed by atoms with Gasteiger partial charge < -0.3 is 9.73 Å². The van der Waals surface area contributed by atoms with E-state index in [-0.39, 0.29) is 5.56 Å². The van der Waals surface area contributed by atoms with Gasteiger partial charge in [-0.15, -0.1) is 0 Å². The number of furan rings is 1. The Morgan fingerprint density at radius 1 is 1.10 bits per heavy atom. The molecule has 1 atom stereocenters. The summed E-state index contributed by atoms with van der Waals surface area (Å²) >= 11 is 5.93. The fourth-order valence-corrected chi connectivity index (χ4v) is 2.57. The second kappa shape index (κ2) is 5.47. The Morgan fingerprint density at radius 3 is 2.48 bits per heavy atom. The van der Waals surface area contributed by atoms with E-state index in [9.17, 15) is 8.78 Å². The zero-order chi connectivity index (χ0) is 15.0. The molecule has 0 aliphatic heterocycles. The highest BCUT2D eigenvalue weighted by Gasteiger charge is 2.23. The Balaban J connectivity index is 2.14. The zero-order valence-electron chi connectivity index (χ0n) is 11.2. The number of halogens is 3. The molecule has 1 heterocycles. The lowest BCUT2D eigenvalue weighted by atomic mass is 10.0. The molecule has 2 nitrogen and oxygen atoms in total. The summed E-state index contributed by atoms with van der Waals surface area (Å²) < 4.78 is 33.6. The molecule has 3 rings (SSSR count). The summed E-state index contributed by atoms with van der Waals surface area (Å²) in [6, 6.07) is 9.98. The Bertz CT molecular complexity index is 780. The summed E-state index contributed by atoms with van der Waals surface area (Å²) in [4.78, 5) is 0. The lowest BCUT2D eigenvalue weighted by molar-refractivity contribution is 0.456. The summed E-state index contributed by atoms with van der Waals surface area (Å²) in [6.07, 6.45) is 0. The maximum absolute atomic E-state index is 14.0. The lowest BCUT2D eigenvalue weighted by Crippen LogP contribution is -2.19. The van der Waals surface area contributed by atoms with E-state index in [1.165, 1.54) is 18.2 Å². The van der Waals surface area contributed by atoms with Gasteiger partial charge in [0.05, 0.1) is 6.04 Å². The van der Waals surface area contributed by atoms with E-state index in [0.29, 0.717) is 16.4 Å². The van der Waals surface area contributed by atoms with Gasteiger partial charge in [0.25, 0.3) is 0 Å². The Morgan fingerprint density at radius 2 is 1.81 bits per heavy atom. The van der Waals surface area contributed by atoms with Gasteiger partial charge in [-0.25, -0.2) is 8.78 Å². The van der Waals surface area contributed by atoms with Crippen LogP contribution in [0.1, 0.15) is 17.4 Å². The van der Waals surface area contributed by atoms with Crippen LogP contribution < -0.4 is 5.32 Å². The molecule has 0 fully saturated rings. The molecule has 108 valence electrons. The van der Waals surface area contributed by atoms with Gasteiger partial charge in [-0.05, 0) is 43.4 Å². The molecule has 0 radical (unpaired) electrons. The highest BCUT2D eigenvalue weighted by atomic mass is 35.5. The summed E-state index contributed by atoms with van der Waals surface area (Å²) in [5.41, 5.74) is 0.552. The molecule has 0 amide bonds. The maximum atomic E-state index is 14.0. The standard InChI is InChI=1S/C16H12ClF2NO/c1-20-16(15-11(18)3-2-4-12(15)19)14-8-9-7-10(17)5-6-13(9)21-14/h2-8,16,20H,1H3. The molecular formula is C16H12ClF2NO. The van der Waals surface area contributed by atoms with Gasteiger partial charge in [-0.3, -0.25) is 0 Å². The van der Waals surface area contributed by atoms with Crippen LogP contribution in [0.25, 0.3) is 11.0 Å². The highest BCUT2D eigenvalue weighted by Crippen LogP contribution is 2.31. The van der Waals surface area contributed by atoms with Crippen molar-refractivity contribution in [1.82, 2.24) is 5.32 Å². The van der Waals surface area contributed by atoms with Crippen molar-refractivity contribution in [3.8, 4) is 0 Å². The number of hydrogen-bond donors (Lipinski definition) is 1. The van der Waals surface area contributed by atoms with Crippen LogP contribution in [0.3, 0.4) is 0 Å². The van der Waals surface area contributed by atoms with Gasteiger partial charge in [0.15, 0.2) is 0 Å². The highest BCUT2D eigenvalue weighted by molar-refractivity contribution is 6.31. The molecule has 0 saturated heterocycles. The van der Waals surface area contributed by atoms with E-state index in [2.05, 4.69) is 5.32 Å². The van der Waals surface area contributed by atoms with E-state index >= 15 is 0 Å². The van der Waals surface area contributed by atoms with Crippen LogP contribution in [0.4, 0.5) is 8.78 Å². The van der Waals surface area contributed by atoms with Crippen LogP contribution in [0.5, 0.6) is 0 Å². The molecule has 5 heteroatoms.